The molecule has 6 heteroatoms. The van der Waals surface area contributed by atoms with E-state index in [-0.39, 0.29) is 11.9 Å². The highest BCUT2D eigenvalue weighted by Gasteiger charge is 2.30. The summed E-state index contributed by atoms with van der Waals surface area (Å²) < 4.78 is 11.0. The van der Waals surface area contributed by atoms with E-state index in [0.29, 0.717) is 6.61 Å². The van der Waals surface area contributed by atoms with Crippen LogP contribution >= 0.6 is 0 Å². The highest BCUT2D eigenvalue weighted by Crippen LogP contribution is 2.27. The van der Waals surface area contributed by atoms with Crippen LogP contribution in [0.1, 0.15) is 13.8 Å². The number of benzene rings is 2. The lowest BCUT2D eigenvalue weighted by Gasteiger charge is -2.36. The molecule has 1 heterocycles. The van der Waals surface area contributed by atoms with Gasteiger partial charge in [-0.2, -0.15) is 0 Å². The number of quaternary nitrogens is 1. The Morgan fingerprint density at radius 3 is 2.64 bits per heavy atom. The molecule has 28 heavy (non-hydrogen) atoms. The minimum atomic E-state index is -0.115. The molecule has 0 radical (unpaired) electrons. The molecule has 2 aromatic rings. The maximum absolute atomic E-state index is 12.7. The van der Waals surface area contributed by atoms with Gasteiger partial charge in [0, 0.05) is 11.8 Å². The van der Waals surface area contributed by atoms with Crippen LogP contribution in [0.4, 0.5) is 11.4 Å². The lowest BCUT2D eigenvalue weighted by atomic mass is 10.2. The number of anilines is 2. The number of nitrogens with one attached hydrogen (secondary N) is 2. The maximum Gasteiger partial charge on any atom is 0.282 e. The van der Waals surface area contributed by atoms with Crippen molar-refractivity contribution in [3.05, 3.63) is 48.5 Å². The van der Waals surface area contributed by atoms with Gasteiger partial charge in [-0.3, -0.25) is 4.79 Å². The Kier molecular flexibility index (Phi) is 6.76. The van der Waals surface area contributed by atoms with Gasteiger partial charge >= 0.3 is 0 Å². The van der Waals surface area contributed by atoms with E-state index in [4.69, 9.17) is 9.47 Å². The highest BCUT2D eigenvalue weighted by molar-refractivity contribution is 5.93. The molecular weight excluding hydrogens is 354 g/mol. The summed E-state index contributed by atoms with van der Waals surface area (Å²) in [6.07, 6.45) is 0. The number of carbonyl (C=O) groups excluding carboxylic acids is 1. The average molecular weight is 385 g/mol. The first-order valence-corrected chi connectivity index (χ1v) is 9.88. The number of rotatable bonds is 7. The van der Waals surface area contributed by atoms with Gasteiger partial charge in [-0.25, -0.2) is 0 Å². The predicted octanol–water partition coefficient (Wildman–Crippen LogP) is 1.83. The van der Waals surface area contributed by atoms with E-state index in [1.54, 1.807) is 7.11 Å². The first kappa shape index (κ1) is 20.0. The van der Waals surface area contributed by atoms with Crippen LogP contribution in [0.15, 0.2) is 48.5 Å². The van der Waals surface area contributed by atoms with Gasteiger partial charge in [0.15, 0.2) is 6.04 Å². The van der Waals surface area contributed by atoms with Gasteiger partial charge in [-0.1, -0.05) is 18.2 Å². The molecule has 6 nitrogen and oxygen atoms in total. The molecule has 0 aliphatic carbocycles. The van der Waals surface area contributed by atoms with Crippen molar-refractivity contribution in [2.75, 3.05) is 50.1 Å². The third-order valence-corrected chi connectivity index (χ3v) is 5.25. The molecule has 0 unspecified atom stereocenters. The van der Waals surface area contributed by atoms with Crippen LogP contribution in [0.2, 0.25) is 0 Å². The van der Waals surface area contributed by atoms with Crippen LogP contribution < -0.4 is 24.6 Å². The molecule has 1 aliphatic heterocycles. The molecule has 150 valence electrons. The Morgan fingerprint density at radius 2 is 1.93 bits per heavy atom. The van der Waals surface area contributed by atoms with Gasteiger partial charge < -0.3 is 24.6 Å². The monoisotopic (exact) mass is 384 g/mol. The number of nitrogens with zero attached hydrogens (tertiary/aromatic N) is 1. The number of hydrogen-bond acceptors (Lipinski definition) is 4. The van der Waals surface area contributed by atoms with Crippen LogP contribution in [0.3, 0.4) is 0 Å². The second-order valence-electron chi connectivity index (χ2n) is 6.99. The van der Waals surface area contributed by atoms with Crippen LogP contribution in [-0.2, 0) is 4.79 Å². The largest absolute Gasteiger partial charge is 0.497 e. The standard InChI is InChI=1S/C22H29N3O3/c1-4-28-21-11-6-5-10-20(21)25-14-12-24(13-15-25)17(2)22(26)23-18-8-7-9-19(16-18)27-3/h5-11,16-17H,4,12-15H2,1-3H3,(H,23,26)/p+1/t17-/m1/s1. The Morgan fingerprint density at radius 1 is 1.18 bits per heavy atom. The average Bonchev–Trinajstić information content (AvgIpc) is 2.74. The van der Waals surface area contributed by atoms with Gasteiger partial charge in [-0.15, -0.1) is 0 Å². The molecule has 1 aliphatic rings. The topological polar surface area (TPSA) is 55.2 Å². The summed E-state index contributed by atoms with van der Waals surface area (Å²) in [5.74, 6) is 1.70. The highest BCUT2D eigenvalue weighted by atomic mass is 16.5. The molecule has 1 saturated heterocycles. The zero-order valence-corrected chi connectivity index (χ0v) is 16.9. The number of para-hydroxylation sites is 2. The molecule has 3 rings (SSSR count). The Bertz CT molecular complexity index is 788. The lowest BCUT2D eigenvalue weighted by molar-refractivity contribution is -0.914. The van der Waals surface area contributed by atoms with Gasteiger partial charge in [0.05, 0.1) is 45.6 Å². The molecule has 0 bridgehead atoms. The van der Waals surface area contributed by atoms with E-state index >= 15 is 0 Å². The van der Waals surface area contributed by atoms with Crippen molar-refractivity contribution < 1.29 is 19.2 Å². The lowest BCUT2D eigenvalue weighted by Crippen LogP contribution is -3.19. The number of hydrogen-bond donors (Lipinski definition) is 2. The Balaban J connectivity index is 1.57. The van der Waals surface area contributed by atoms with Crippen molar-refractivity contribution in [2.24, 2.45) is 0 Å². The summed E-state index contributed by atoms with van der Waals surface area (Å²) in [6.45, 7) is 8.27. The van der Waals surface area contributed by atoms with E-state index in [1.165, 1.54) is 4.90 Å². The summed E-state index contributed by atoms with van der Waals surface area (Å²) in [5.41, 5.74) is 1.90. The normalized spacial score (nSPS) is 15.8. The van der Waals surface area contributed by atoms with Crippen molar-refractivity contribution in [2.45, 2.75) is 19.9 Å². The van der Waals surface area contributed by atoms with Crippen molar-refractivity contribution in [1.29, 1.82) is 0 Å². The number of amides is 1. The third kappa shape index (κ3) is 4.75. The zero-order valence-electron chi connectivity index (χ0n) is 16.9. The Hall–Kier alpha value is -2.73. The predicted molar refractivity (Wildman–Crippen MR) is 112 cm³/mol. The molecule has 1 atom stereocenters. The third-order valence-electron chi connectivity index (χ3n) is 5.25. The molecule has 1 fully saturated rings. The summed E-state index contributed by atoms with van der Waals surface area (Å²) in [7, 11) is 1.62. The number of ether oxygens (including phenoxy) is 2. The van der Waals surface area contributed by atoms with E-state index in [9.17, 15) is 4.79 Å². The van der Waals surface area contributed by atoms with Crippen molar-refractivity contribution >= 4 is 17.3 Å². The van der Waals surface area contributed by atoms with E-state index in [2.05, 4.69) is 16.3 Å². The van der Waals surface area contributed by atoms with Gasteiger partial charge in [0.1, 0.15) is 11.5 Å². The molecule has 0 saturated carbocycles. The second kappa shape index (κ2) is 9.46. The maximum atomic E-state index is 12.7. The fourth-order valence-corrected chi connectivity index (χ4v) is 3.60. The Labute approximate surface area is 167 Å². The minimum absolute atomic E-state index is 0.0337. The first-order chi connectivity index (χ1) is 13.6. The molecule has 0 aromatic heterocycles. The number of carbonyl (C=O) groups is 1. The summed E-state index contributed by atoms with van der Waals surface area (Å²) >= 11 is 0. The van der Waals surface area contributed by atoms with Crippen LogP contribution in [0.5, 0.6) is 11.5 Å². The van der Waals surface area contributed by atoms with E-state index in [0.717, 1.165) is 49.1 Å². The van der Waals surface area contributed by atoms with Crippen LogP contribution in [-0.4, -0.2) is 51.8 Å². The molecule has 0 spiro atoms. The molecular formula is C22H30N3O3+. The fourth-order valence-electron chi connectivity index (χ4n) is 3.60. The van der Waals surface area contributed by atoms with Crippen molar-refractivity contribution in [3.8, 4) is 11.5 Å². The van der Waals surface area contributed by atoms with Crippen LogP contribution in [0.25, 0.3) is 0 Å². The summed E-state index contributed by atoms with van der Waals surface area (Å²) in [5, 5.41) is 3.01. The van der Waals surface area contributed by atoms with Crippen LogP contribution in [0, 0.1) is 0 Å². The quantitative estimate of drug-likeness (QED) is 0.765. The first-order valence-electron chi connectivity index (χ1n) is 9.88. The van der Waals surface area contributed by atoms with E-state index < -0.39 is 0 Å². The number of methoxy groups -OCH3 is 1. The summed E-state index contributed by atoms with van der Waals surface area (Å²) in [4.78, 5) is 16.3. The van der Waals surface area contributed by atoms with Gasteiger partial charge in [0.25, 0.3) is 5.91 Å². The molecule has 2 N–H and O–H groups in total. The van der Waals surface area contributed by atoms with Gasteiger partial charge in [0.2, 0.25) is 0 Å². The fraction of sp³-hybridized carbons (Fsp3) is 0.409. The zero-order chi connectivity index (χ0) is 19.9. The van der Waals surface area contributed by atoms with Crippen molar-refractivity contribution in [1.82, 2.24) is 0 Å². The SMILES string of the molecule is CCOc1ccccc1N1CC[NH+]([C@H](C)C(=O)Nc2cccc(OC)c2)CC1. The molecule has 1 amide bonds. The minimum Gasteiger partial charge on any atom is -0.497 e. The summed E-state index contributed by atoms with van der Waals surface area (Å²) in [6, 6.07) is 15.5. The second-order valence-corrected chi connectivity index (χ2v) is 6.99. The van der Waals surface area contributed by atoms with E-state index in [1.807, 2.05) is 56.3 Å². The molecule has 2 aromatic carbocycles. The van der Waals surface area contributed by atoms with Crippen molar-refractivity contribution in [3.63, 3.8) is 0 Å². The number of piperazine rings is 1. The smallest absolute Gasteiger partial charge is 0.282 e. The van der Waals surface area contributed by atoms with Gasteiger partial charge in [-0.05, 0) is 38.1 Å².